The molecule has 13 heavy (non-hydrogen) atoms. The van der Waals surface area contributed by atoms with Crippen LogP contribution in [0, 0.1) is 10.1 Å². The summed E-state index contributed by atoms with van der Waals surface area (Å²) >= 11 is 0. The normalized spacial score (nSPS) is 28.0. The standard InChI is InChI=1S/C8H7N3O2/c12-11(13)5-3-1-2-4-6(5)8-9-7(4)10-8/h1-3,7-10H. The van der Waals surface area contributed by atoms with Gasteiger partial charge in [0, 0.05) is 6.07 Å². The Morgan fingerprint density at radius 1 is 1.31 bits per heavy atom. The Bertz CT molecular complexity index is 398. The molecule has 5 heteroatoms. The molecule has 4 rings (SSSR count). The second-order valence-corrected chi connectivity index (χ2v) is 3.24. The van der Waals surface area contributed by atoms with Crippen molar-refractivity contribution < 1.29 is 4.92 Å². The Balaban J connectivity index is 2.24. The summed E-state index contributed by atoms with van der Waals surface area (Å²) in [6.07, 6.45) is 0.112. The molecule has 5 nitrogen and oxygen atoms in total. The maximum absolute atomic E-state index is 10.7. The first-order valence-electron chi connectivity index (χ1n) is 4.06. The molecule has 3 aliphatic heterocycles. The monoisotopic (exact) mass is 177 g/mol. The maximum Gasteiger partial charge on any atom is 0.275 e. The second kappa shape index (κ2) is 2.07. The highest BCUT2D eigenvalue weighted by Crippen LogP contribution is 2.43. The highest BCUT2D eigenvalue weighted by atomic mass is 16.6. The highest BCUT2D eigenvalue weighted by molar-refractivity contribution is 5.54. The van der Waals surface area contributed by atoms with E-state index >= 15 is 0 Å². The van der Waals surface area contributed by atoms with Crippen LogP contribution >= 0.6 is 0 Å². The van der Waals surface area contributed by atoms with Gasteiger partial charge in [0.25, 0.3) is 5.69 Å². The van der Waals surface area contributed by atoms with Gasteiger partial charge in [-0.05, 0) is 5.56 Å². The van der Waals surface area contributed by atoms with Gasteiger partial charge in [0.1, 0.15) is 0 Å². The molecule has 1 aromatic carbocycles. The first kappa shape index (κ1) is 6.99. The van der Waals surface area contributed by atoms with Crippen LogP contribution in [0.4, 0.5) is 5.69 Å². The third kappa shape index (κ3) is 0.726. The van der Waals surface area contributed by atoms with Crippen LogP contribution < -0.4 is 10.6 Å². The molecule has 2 bridgehead atoms. The lowest BCUT2D eigenvalue weighted by molar-refractivity contribution is -0.385. The SMILES string of the molecule is O=[N+]([O-])c1cccc2c1C1NC2N1. The van der Waals surface area contributed by atoms with Crippen molar-refractivity contribution in [2.45, 2.75) is 12.3 Å². The fraction of sp³-hybridized carbons (Fsp3) is 0.250. The zero-order valence-corrected chi connectivity index (χ0v) is 6.65. The van der Waals surface area contributed by atoms with Crippen LogP contribution in [0.15, 0.2) is 18.2 Å². The van der Waals surface area contributed by atoms with Gasteiger partial charge in [-0.2, -0.15) is 0 Å². The molecule has 0 aliphatic carbocycles. The molecule has 66 valence electrons. The van der Waals surface area contributed by atoms with Gasteiger partial charge >= 0.3 is 0 Å². The molecule has 1 fully saturated rings. The Hall–Kier alpha value is -1.46. The number of benzene rings is 1. The fourth-order valence-electron chi connectivity index (χ4n) is 1.98. The van der Waals surface area contributed by atoms with Gasteiger partial charge in [0.15, 0.2) is 0 Å². The van der Waals surface area contributed by atoms with Gasteiger partial charge in [-0.15, -0.1) is 0 Å². The van der Waals surface area contributed by atoms with Gasteiger partial charge in [-0.25, -0.2) is 0 Å². The van der Waals surface area contributed by atoms with E-state index in [1.165, 1.54) is 0 Å². The van der Waals surface area contributed by atoms with Crippen LogP contribution in [0.1, 0.15) is 23.5 Å². The van der Waals surface area contributed by atoms with Crippen molar-refractivity contribution in [3.8, 4) is 0 Å². The molecule has 2 N–H and O–H groups in total. The predicted octanol–water partition coefficient (Wildman–Crippen LogP) is 0.798. The number of hydrogen-bond acceptors (Lipinski definition) is 4. The topological polar surface area (TPSA) is 67.2 Å². The number of nitrogens with one attached hydrogen (secondary N) is 2. The van der Waals surface area contributed by atoms with Crippen LogP contribution in [-0.4, -0.2) is 4.92 Å². The quantitative estimate of drug-likeness (QED) is 0.491. The van der Waals surface area contributed by atoms with Gasteiger partial charge in [0.05, 0.1) is 22.8 Å². The zero-order chi connectivity index (χ0) is 9.00. The van der Waals surface area contributed by atoms with Crippen LogP contribution in [0.5, 0.6) is 0 Å². The molecule has 0 spiro atoms. The van der Waals surface area contributed by atoms with Crippen LogP contribution in [0.3, 0.4) is 0 Å². The van der Waals surface area contributed by atoms with E-state index in [-0.39, 0.29) is 22.9 Å². The average molecular weight is 177 g/mol. The van der Waals surface area contributed by atoms with Gasteiger partial charge in [-0.3, -0.25) is 20.7 Å². The number of nitro benzene ring substituents is 1. The zero-order valence-electron chi connectivity index (χ0n) is 6.65. The number of hydrogen-bond donors (Lipinski definition) is 2. The molecule has 0 unspecified atom stereocenters. The van der Waals surface area contributed by atoms with Crippen molar-refractivity contribution in [2.24, 2.45) is 0 Å². The summed E-state index contributed by atoms with van der Waals surface area (Å²) in [7, 11) is 0. The molecule has 0 saturated carbocycles. The van der Waals surface area contributed by atoms with Crippen LogP contribution in [-0.2, 0) is 0 Å². The van der Waals surface area contributed by atoms with E-state index in [1.807, 2.05) is 6.07 Å². The summed E-state index contributed by atoms with van der Waals surface area (Å²) in [5.74, 6) is 0. The predicted molar refractivity (Wildman–Crippen MR) is 44.8 cm³/mol. The average Bonchev–Trinajstić information content (AvgIpc) is 2.53. The van der Waals surface area contributed by atoms with Crippen molar-refractivity contribution in [2.75, 3.05) is 0 Å². The van der Waals surface area contributed by atoms with Gasteiger partial charge in [-0.1, -0.05) is 12.1 Å². The Kier molecular flexibility index (Phi) is 1.11. The van der Waals surface area contributed by atoms with Gasteiger partial charge in [0.2, 0.25) is 0 Å². The molecular formula is C8H7N3O2. The maximum atomic E-state index is 10.7. The van der Waals surface area contributed by atoms with Crippen LogP contribution in [0.2, 0.25) is 0 Å². The molecule has 3 aliphatic rings. The highest BCUT2D eigenvalue weighted by Gasteiger charge is 2.44. The summed E-state index contributed by atoms with van der Waals surface area (Å²) < 4.78 is 0. The first-order valence-corrected chi connectivity index (χ1v) is 4.06. The summed E-state index contributed by atoms with van der Waals surface area (Å²) in [5.41, 5.74) is 2.03. The van der Waals surface area contributed by atoms with E-state index in [9.17, 15) is 10.1 Å². The minimum atomic E-state index is -0.330. The van der Waals surface area contributed by atoms with Gasteiger partial charge < -0.3 is 0 Å². The molecule has 1 saturated heterocycles. The van der Waals surface area contributed by atoms with Crippen molar-refractivity contribution >= 4 is 5.69 Å². The lowest BCUT2D eigenvalue weighted by Gasteiger charge is -2.27. The third-order valence-electron chi connectivity index (χ3n) is 2.58. The summed E-state index contributed by atoms with van der Waals surface area (Å²) in [5, 5.41) is 17.0. The third-order valence-corrected chi connectivity index (χ3v) is 2.58. The second-order valence-electron chi connectivity index (χ2n) is 3.24. The van der Waals surface area contributed by atoms with E-state index < -0.39 is 0 Å². The van der Waals surface area contributed by atoms with E-state index in [4.69, 9.17) is 0 Å². The minimum absolute atomic E-state index is 0.0124. The molecular weight excluding hydrogens is 170 g/mol. The molecule has 3 heterocycles. The lowest BCUT2D eigenvalue weighted by atomic mass is 10.1. The van der Waals surface area contributed by atoms with E-state index in [2.05, 4.69) is 10.6 Å². The summed E-state index contributed by atoms with van der Waals surface area (Å²) in [6, 6.07) is 5.18. The minimum Gasteiger partial charge on any atom is -0.279 e. The molecule has 0 amide bonds. The molecule has 0 atom stereocenters. The Morgan fingerprint density at radius 2 is 2.08 bits per heavy atom. The fourth-order valence-corrected chi connectivity index (χ4v) is 1.98. The van der Waals surface area contributed by atoms with E-state index in [0.29, 0.717) is 0 Å². The van der Waals surface area contributed by atoms with E-state index in [1.54, 1.807) is 12.1 Å². The van der Waals surface area contributed by atoms with Crippen molar-refractivity contribution in [1.29, 1.82) is 0 Å². The number of nitrogens with zero attached hydrogens (tertiary/aromatic N) is 1. The Labute approximate surface area is 73.9 Å². The lowest BCUT2D eigenvalue weighted by Crippen LogP contribution is -2.47. The Morgan fingerprint density at radius 3 is 2.77 bits per heavy atom. The molecule has 0 radical (unpaired) electrons. The van der Waals surface area contributed by atoms with Crippen molar-refractivity contribution in [3.05, 3.63) is 39.4 Å². The number of nitro groups is 1. The summed E-state index contributed by atoms with van der Waals surface area (Å²) in [4.78, 5) is 10.3. The summed E-state index contributed by atoms with van der Waals surface area (Å²) in [6.45, 7) is 0. The first-order chi connectivity index (χ1) is 6.27. The smallest absolute Gasteiger partial charge is 0.275 e. The van der Waals surface area contributed by atoms with Crippen LogP contribution in [0.25, 0.3) is 0 Å². The number of rotatable bonds is 1. The van der Waals surface area contributed by atoms with E-state index in [0.717, 1.165) is 11.1 Å². The van der Waals surface area contributed by atoms with Crippen molar-refractivity contribution in [1.82, 2.24) is 10.6 Å². The largest absolute Gasteiger partial charge is 0.279 e. The molecule has 1 aromatic rings. The van der Waals surface area contributed by atoms with Crippen molar-refractivity contribution in [3.63, 3.8) is 0 Å². The molecule has 0 aromatic heterocycles.